The highest BCUT2D eigenvalue weighted by atomic mass is 16.5. The first-order valence-electron chi connectivity index (χ1n) is 2.84. The number of allylic oxidation sites excluding steroid dienone is 4. The van der Waals surface area contributed by atoms with Crippen LogP contribution in [-0.2, 0) is 4.74 Å². The van der Waals surface area contributed by atoms with Crippen molar-refractivity contribution in [3.63, 3.8) is 0 Å². The van der Waals surface area contributed by atoms with Gasteiger partial charge in [-0.2, -0.15) is 0 Å². The van der Waals surface area contributed by atoms with Gasteiger partial charge in [0, 0.05) is 0 Å². The van der Waals surface area contributed by atoms with E-state index in [0.29, 0.717) is 0 Å². The van der Waals surface area contributed by atoms with Gasteiger partial charge in [-0.05, 0) is 19.1 Å². The van der Waals surface area contributed by atoms with Crippen molar-refractivity contribution in [2.75, 3.05) is 7.11 Å². The van der Waals surface area contributed by atoms with E-state index in [1.54, 1.807) is 13.2 Å². The van der Waals surface area contributed by atoms with E-state index in [9.17, 15) is 0 Å². The predicted molar refractivity (Wildman–Crippen MR) is 40.1 cm³/mol. The number of methoxy groups -OCH3 is 1. The molecule has 0 heterocycles. The van der Waals surface area contributed by atoms with E-state index in [2.05, 4.69) is 6.58 Å². The highest BCUT2D eigenvalue weighted by molar-refractivity contribution is 5.14. The van der Waals surface area contributed by atoms with Gasteiger partial charge in [0.25, 0.3) is 0 Å². The minimum absolute atomic E-state index is 0.856. The Hall–Kier alpha value is -0.980. The zero-order chi connectivity index (χ0) is 7.11. The molecule has 9 heavy (non-hydrogen) atoms. The minimum atomic E-state index is 0.856. The monoisotopic (exact) mass is 124 g/mol. The molecule has 0 spiro atoms. The molecule has 0 aromatic rings. The molecular formula is C8H12O. The van der Waals surface area contributed by atoms with E-state index in [0.717, 1.165) is 5.76 Å². The lowest BCUT2D eigenvalue weighted by molar-refractivity contribution is 0.306. The topological polar surface area (TPSA) is 9.23 Å². The Morgan fingerprint density at radius 3 is 2.56 bits per heavy atom. The number of hydrogen-bond acceptors (Lipinski definition) is 1. The molecule has 0 aromatic carbocycles. The first kappa shape index (κ1) is 8.02. The molecule has 0 fully saturated rings. The van der Waals surface area contributed by atoms with Gasteiger partial charge in [-0.3, -0.25) is 0 Å². The maximum Gasteiger partial charge on any atom is 0.114 e. The average Bonchev–Trinajstić information content (AvgIpc) is 1.91. The molecule has 0 bridgehead atoms. The Morgan fingerprint density at radius 2 is 2.22 bits per heavy atom. The molecule has 0 amide bonds. The third-order valence-electron chi connectivity index (χ3n) is 0.917. The van der Waals surface area contributed by atoms with Crippen LogP contribution in [0.25, 0.3) is 0 Å². The first-order valence-corrected chi connectivity index (χ1v) is 2.84. The molecule has 50 valence electrons. The Morgan fingerprint density at radius 1 is 1.56 bits per heavy atom. The van der Waals surface area contributed by atoms with Gasteiger partial charge in [-0.1, -0.05) is 18.7 Å². The van der Waals surface area contributed by atoms with Crippen LogP contribution in [0.2, 0.25) is 0 Å². The third-order valence-corrected chi connectivity index (χ3v) is 0.917. The van der Waals surface area contributed by atoms with Gasteiger partial charge >= 0.3 is 0 Å². The second-order valence-corrected chi connectivity index (χ2v) is 1.49. The molecule has 0 saturated carbocycles. The zero-order valence-electron chi connectivity index (χ0n) is 5.92. The molecular weight excluding hydrogens is 112 g/mol. The van der Waals surface area contributed by atoms with Crippen LogP contribution in [0.3, 0.4) is 0 Å². The summed E-state index contributed by atoms with van der Waals surface area (Å²) < 4.78 is 4.93. The van der Waals surface area contributed by atoms with Gasteiger partial charge < -0.3 is 4.74 Å². The van der Waals surface area contributed by atoms with Crippen LogP contribution in [0.1, 0.15) is 6.92 Å². The zero-order valence-corrected chi connectivity index (χ0v) is 5.92. The summed E-state index contributed by atoms with van der Waals surface area (Å²) in [4.78, 5) is 0. The van der Waals surface area contributed by atoms with E-state index >= 15 is 0 Å². The lowest BCUT2D eigenvalue weighted by atomic mass is 10.4. The van der Waals surface area contributed by atoms with Gasteiger partial charge in [-0.25, -0.2) is 0 Å². The molecule has 0 radical (unpaired) electrons. The van der Waals surface area contributed by atoms with Gasteiger partial charge in [0.15, 0.2) is 0 Å². The number of hydrogen-bond donors (Lipinski definition) is 0. The lowest BCUT2D eigenvalue weighted by Crippen LogP contribution is -1.77. The number of rotatable bonds is 3. The summed E-state index contributed by atoms with van der Waals surface area (Å²) >= 11 is 0. The highest BCUT2D eigenvalue weighted by Gasteiger charge is 1.80. The molecule has 0 unspecified atom stereocenters. The molecule has 0 rings (SSSR count). The van der Waals surface area contributed by atoms with Gasteiger partial charge in [0.1, 0.15) is 5.76 Å². The Balaban J connectivity index is 3.84. The normalized spacial score (nSPS) is 12.0. The molecule has 1 nitrogen and oxygen atoms in total. The van der Waals surface area contributed by atoms with Crippen LogP contribution in [0.4, 0.5) is 0 Å². The van der Waals surface area contributed by atoms with Gasteiger partial charge in [0.05, 0.1) is 7.11 Å². The number of ether oxygens (including phenoxy) is 1. The van der Waals surface area contributed by atoms with Crippen LogP contribution < -0.4 is 0 Å². The van der Waals surface area contributed by atoms with Crippen LogP contribution >= 0.6 is 0 Å². The molecule has 0 saturated heterocycles. The van der Waals surface area contributed by atoms with Crippen molar-refractivity contribution in [3.8, 4) is 0 Å². The van der Waals surface area contributed by atoms with Gasteiger partial charge in [0.2, 0.25) is 0 Å². The Kier molecular flexibility index (Phi) is 4.60. The Bertz CT molecular complexity index is 132. The second-order valence-electron chi connectivity index (χ2n) is 1.49. The quantitative estimate of drug-likeness (QED) is 0.414. The smallest absolute Gasteiger partial charge is 0.114 e. The van der Waals surface area contributed by atoms with E-state index < -0.39 is 0 Å². The molecule has 0 aliphatic carbocycles. The standard InChI is InChI=1S/C8H12O/c1-4-6-7-8(5-2)9-3/h4-7H,1H2,2-3H3/b7-6?,8-5+. The van der Waals surface area contributed by atoms with Crippen molar-refractivity contribution in [2.45, 2.75) is 6.92 Å². The highest BCUT2D eigenvalue weighted by Crippen LogP contribution is 1.95. The summed E-state index contributed by atoms with van der Waals surface area (Å²) in [5.74, 6) is 0.856. The minimum Gasteiger partial charge on any atom is -0.497 e. The molecule has 0 atom stereocenters. The van der Waals surface area contributed by atoms with Crippen molar-refractivity contribution in [1.29, 1.82) is 0 Å². The lowest BCUT2D eigenvalue weighted by Gasteiger charge is -1.95. The molecule has 0 aliphatic rings. The maximum absolute atomic E-state index is 4.93. The van der Waals surface area contributed by atoms with E-state index in [1.165, 1.54) is 0 Å². The predicted octanol–water partition coefficient (Wildman–Crippen LogP) is 2.28. The van der Waals surface area contributed by atoms with Gasteiger partial charge in [-0.15, -0.1) is 0 Å². The fourth-order valence-electron chi connectivity index (χ4n) is 0.445. The summed E-state index contributed by atoms with van der Waals surface area (Å²) in [6, 6.07) is 0. The Labute approximate surface area is 56.3 Å². The van der Waals surface area contributed by atoms with Crippen LogP contribution in [0.15, 0.2) is 36.6 Å². The van der Waals surface area contributed by atoms with Crippen molar-refractivity contribution >= 4 is 0 Å². The SMILES string of the molecule is C=CC=C/C(=C\C)OC. The summed E-state index contributed by atoms with van der Waals surface area (Å²) in [6.45, 7) is 5.45. The fraction of sp³-hybridized carbons (Fsp3) is 0.250. The third kappa shape index (κ3) is 3.59. The first-order chi connectivity index (χ1) is 4.35. The van der Waals surface area contributed by atoms with E-state index in [4.69, 9.17) is 4.74 Å². The molecule has 0 N–H and O–H groups in total. The summed E-state index contributed by atoms with van der Waals surface area (Å²) in [6.07, 6.45) is 7.29. The van der Waals surface area contributed by atoms with Crippen molar-refractivity contribution in [2.24, 2.45) is 0 Å². The average molecular weight is 124 g/mol. The molecule has 0 aliphatic heterocycles. The second kappa shape index (κ2) is 5.16. The van der Waals surface area contributed by atoms with Crippen LogP contribution in [-0.4, -0.2) is 7.11 Å². The molecule has 0 aromatic heterocycles. The van der Waals surface area contributed by atoms with E-state index in [-0.39, 0.29) is 0 Å². The molecule has 1 heteroatoms. The van der Waals surface area contributed by atoms with Crippen molar-refractivity contribution < 1.29 is 4.74 Å². The largest absolute Gasteiger partial charge is 0.497 e. The van der Waals surface area contributed by atoms with Crippen LogP contribution in [0, 0.1) is 0 Å². The summed E-state index contributed by atoms with van der Waals surface area (Å²) in [5.41, 5.74) is 0. The van der Waals surface area contributed by atoms with Crippen LogP contribution in [0.5, 0.6) is 0 Å². The van der Waals surface area contributed by atoms with Crippen molar-refractivity contribution in [3.05, 3.63) is 36.6 Å². The van der Waals surface area contributed by atoms with Crippen molar-refractivity contribution in [1.82, 2.24) is 0 Å². The van der Waals surface area contributed by atoms with E-state index in [1.807, 2.05) is 25.2 Å². The summed E-state index contributed by atoms with van der Waals surface area (Å²) in [5, 5.41) is 0. The fourth-order valence-corrected chi connectivity index (χ4v) is 0.445. The summed E-state index contributed by atoms with van der Waals surface area (Å²) in [7, 11) is 1.64. The maximum atomic E-state index is 4.93.